The molecule has 3 aromatic rings. The molecular weight excluding hydrogens is 492 g/mol. The van der Waals surface area contributed by atoms with Crippen molar-refractivity contribution in [2.75, 3.05) is 33.7 Å². The van der Waals surface area contributed by atoms with Crippen molar-refractivity contribution in [1.29, 1.82) is 0 Å². The van der Waals surface area contributed by atoms with Crippen LogP contribution in [0, 0.1) is 11.3 Å². The quantitative estimate of drug-likeness (QED) is 0.491. The third-order valence-corrected chi connectivity index (χ3v) is 9.51. The Morgan fingerprint density at radius 3 is 2.31 bits per heavy atom. The zero-order chi connectivity index (χ0) is 27.1. The van der Waals surface area contributed by atoms with Gasteiger partial charge >= 0.3 is 6.03 Å². The van der Waals surface area contributed by atoms with E-state index in [0.717, 1.165) is 45.7 Å². The molecule has 39 heavy (non-hydrogen) atoms. The van der Waals surface area contributed by atoms with Crippen molar-refractivity contribution in [2.45, 2.75) is 38.1 Å². The number of nitrogens with zero attached hydrogens (tertiary/aromatic N) is 4. The van der Waals surface area contributed by atoms with Gasteiger partial charge in [0.25, 0.3) is 5.56 Å². The summed E-state index contributed by atoms with van der Waals surface area (Å²) in [7, 11) is 2.95. The molecular formula is C31H32N4O4. The summed E-state index contributed by atoms with van der Waals surface area (Å²) in [6.45, 7) is 2.24. The van der Waals surface area contributed by atoms with E-state index in [0.29, 0.717) is 19.6 Å². The lowest BCUT2D eigenvalue weighted by Gasteiger charge is -2.48. The fraction of sp³-hybridized carbons (Fsp3) is 0.419. The van der Waals surface area contributed by atoms with Crippen molar-refractivity contribution in [2.24, 2.45) is 11.3 Å². The van der Waals surface area contributed by atoms with Crippen LogP contribution in [0.3, 0.4) is 0 Å². The van der Waals surface area contributed by atoms with Crippen LogP contribution in [0.4, 0.5) is 4.79 Å². The number of fused-ring (bicyclic) bond motifs is 4. The number of amides is 4. The average Bonchev–Trinajstić information content (AvgIpc) is 3.36. The maximum Gasteiger partial charge on any atom is 0.332 e. The highest BCUT2D eigenvalue weighted by molar-refractivity contribution is 6.19. The Hall–Kier alpha value is -3.78. The fourth-order valence-corrected chi connectivity index (χ4v) is 7.77. The number of pyridine rings is 1. The molecule has 2 aromatic carbocycles. The van der Waals surface area contributed by atoms with Gasteiger partial charge in [0.1, 0.15) is 5.41 Å². The van der Waals surface area contributed by atoms with Crippen LogP contribution in [-0.4, -0.2) is 70.8 Å². The second-order valence-corrected chi connectivity index (χ2v) is 11.9. The molecule has 1 aromatic heterocycles. The van der Waals surface area contributed by atoms with Crippen LogP contribution < -0.4 is 5.56 Å². The molecule has 4 heterocycles. The third kappa shape index (κ3) is 3.54. The maximum atomic E-state index is 14.0. The van der Waals surface area contributed by atoms with Gasteiger partial charge in [-0.25, -0.2) is 4.79 Å². The van der Waals surface area contributed by atoms with E-state index in [2.05, 4.69) is 35.2 Å². The number of carbonyl (C=O) groups excluding carboxylic acids is 3. The van der Waals surface area contributed by atoms with E-state index in [1.54, 1.807) is 6.07 Å². The number of aryl methyl sites for hydroxylation is 2. The minimum absolute atomic E-state index is 0.0265. The van der Waals surface area contributed by atoms with E-state index < -0.39 is 23.3 Å². The monoisotopic (exact) mass is 524 g/mol. The summed E-state index contributed by atoms with van der Waals surface area (Å²) in [5, 5.41) is 2.33. The van der Waals surface area contributed by atoms with Crippen LogP contribution in [0.1, 0.15) is 34.7 Å². The molecule has 2 unspecified atom stereocenters. The summed E-state index contributed by atoms with van der Waals surface area (Å²) < 4.78 is 1.88. The minimum atomic E-state index is -1.42. The second kappa shape index (κ2) is 8.61. The van der Waals surface area contributed by atoms with Crippen LogP contribution in [0.5, 0.6) is 0 Å². The van der Waals surface area contributed by atoms with Crippen LogP contribution >= 0.6 is 0 Å². The molecule has 8 heteroatoms. The molecule has 8 nitrogen and oxygen atoms in total. The lowest BCUT2D eigenvalue weighted by atomic mass is 9.74. The second-order valence-electron chi connectivity index (χ2n) is 11.9. The first-order valence-electron chi connectivity index (χ1n) is 13.8. The molecule has 2 saturated heterocycles. The van der Waals surface area contributed by atoms with Crippen molar-refractivity contribution in [3.8, 4) is 0 Å². The number of carbonyl (C=O) groups is 3. The molecule has 0 saturated carbocycles. The van der Waals surface area contributed by atoms with Gasteiger partial charge in [0.15, 0.2) is 0 Å². The van der Waals surface area contributed by atoms with E-state index in [1.807, 2.05) is 16.7 Å². The molecule has 200 valence electrons. The van der Waals surface area contributed by atoms with Crippen LogP contribution in [0.2, 0.25) is 0 Å². The first kappa shape index (κ1) is 24.3. The van der Waals surface area contributed by atoms with Crippen molar-refractivity contribution in [3.63, 3.8) is 0 Å². The minimum Gasteiger partial charge on any atom is -0.312 e. The SMILES string of the molecule is CN1C(=O)N(C)C(=O)C(Cc2ccc3c4c(cccc24)CC3)(CN2CC3CC(C2)c2cccc(=O)n2C3)C1=O. The van der Waals surface area contributed by atoms with E-state index in [1.165, 1.54) is 30.6 Å². The standard InChI is InChI=1S/C31H32N4O4/c1-32-28(37)31(29(38)33(2)30(32)39,14-22-12-11-21-10-9-20-5-3-6-24(22)27(20)21)18-34-15-19-13-23(17-34)25-7-4-8-26(36)35(25)16-19/h3-8,11-12,19,23H,9-10,13-18H2,1-2H3. The number of likely N-dealkylation sites (tertiary alicyclic amines) is 1. The van der Waals surface area contributed by atoms with Crippen LogP contribution in [0.15, 0.2) is 53.3 Å². The topological polar surface area (TPSA) is 82.9 Å². The predicted octanol–water partition coefficient (Wildman–Crippen LogP) is 2.80. The van der Waals surface area contributed by atoms with Crippen LogP contribution in [-0.2, 0) is 35.4 Å². The van der Waals surface area contributed by atoms with Gasteiger partial charge in [-0.15, -0.1) is 0 Å². The normalized spacial score (nSPS) is 24.0. The molecule has 0 radical (unpaired) electrons. The Labute approximate surface area is 226 Å². The highest BCUT2D eigenvalue weighted by Gasteiger charge is 2.56. The van der Waals surface area contributed by atoms with Crippen molar-refractivity contribution < 1.29 is 14.4 Å². The summed E-state index contributed by atoms with van der Waals surface area (Å²) in [4.78, 5) is 57.8. The Balaban J connectivity index is 1.30. The summed E-state index contributed by atoms with van der Waals surface area (Å²) in [5.74, 6) is -0.459. The van der Waals surface area contributed by atoms with Gasteiger partial charge in [0.05, 0.1) is 0 Å². The average molecular weight is 525 g/mol. The van der Waals surface area contributed by atoms with Gasteiger partial charge in [-0.3, -0.25) is 24.2 Å². The third-order valence-electron chi connectivity index (χ3n) is 9.51. The number of barbiturate groups is 1. The predicted molar refractivity (Wildman–Crippen MR) is 146 cm³/mol. The molecule has 0 spiro atoms. The van der Waals surface area contributed by atoms with Gasteiger partial charge in [-0.1, -0.05) is 36.4 Å². The molecule has 2 fully saturated rings. The number of aromatic nitrogens is 1. The van der Waals surface area contributed by atoms with E-state index in [4.69, 9.17) is 0 Å². The lowest BCUT2D eigenvalue weighted by molar-refractivity contribution is -0.159. The van der Waals surface area contributed by atoms with E-state index >= 15 is 0 Å². The first-order chi connectivity index (χ1) is 18.8. The van der Waals surface area contributed by atoms with Crippen molar-refractivity contribution >= 4 is 28.6 Å². The molecule has 4 amide bonds. The Bertz CT molecular complexity index is 1590. The molecule has 7 rings (SSSR count). The number of piperidine rings is 1. The number of urea groups is 1. The van der Waals surface area contributed by atoms with Gasteiger partial charge in [-0.2, -0.15) is 0 Å². The first-order valence-corrected chi connectivity index (χ1v) is 13.8. The number of benzene rings is 2. The molecule has 4 aliphatic rings. The Morgan fingerprint density at radius 2 is 1.54 bits per heavy atom. The number of rotatable bonds is 4. The molecule has 2 atom stereocenters. The summed E-state index contributed by atoms with van der Waals surface area (Å²) >= 11 is 0. The van der Waals surface area contributed by atoms with Gasteiger partial charge in [0, 0.05) is 58.0 Å². The maximum absolute atomic E-state index is 14.0. The zero-order valence-electron chi connectivity index (χ0n) is 22.4. The van der Waals surface area contributed by atoms with Crippen molar-refractivity contribution in [1.82, 2.24) is 19.3 Å². The molecule has 3 aliphatic heterocycles. The Kier molecular flexibility index (Phi) is 5.36. The van der Waals surface area contributed by atoms with Gasteiger partial charge < -0.3 is 9.47 Å². The van der Waals surface area contributed by atoms with E-state index in [-0.39, 0.29) is 30.4 Å². The highest BCUT2D eigenvalue weighted by Crippen LogP contribution is 2.41. The number of hydrogen-bond donors (Lipinski definition) is 0. The van der Waals surface area contributed by atoms with Gasteiger partial charge in [0.2, 0.25) is 11.8 Å². The highest BCUT2D eigenvalue weighted by atomic mass is 16.2. The fourth-order valence-electron chi connectivity index (χ4n) is 7.77. The molecule has 0 N–H and O–H groups in total. The van der Waals surface area contributed by atoms with Crippen LogP contribution in [0.25, 0.3) is 10.8 Å². The number of hydrogen-bond acceptors (Lipinski definition) is 5. The van der Waals surface area contributed by atoms with Gasteiger partial charge in [-0.05, 0) is 65.1 Å². The number of imide groups is 2. The zero-order valence-corrected chi connectivity index (χ0v) is 22.4. The van der Waals surface area contributed by atoms with E-state index in [9.17, 15) is 19.2 Å². The largest absolute Gasteiger partial charge is 0.332 e. The smallest absolute Gasteiger partial charge is 0.312 e. The molecule has 1 aliphatic carbocycles. The lowest BCUT2D eigenvalue weighted by Crippen LogP contribution is -2.67. The van der Waals surface area contributed by atoms with Crippen molar-refractivity contribution in [3.05, 3.63) is 81.3 Å². The summed E-state index contributed by atoms with van der Waals surface area (Å²) in [6.07, 6.45) is 3.22. The Morgan fingerprint density at radius 1 is 0.821 bits per heavy atom. The summed E-state index contributed by atoms with van der Waals surface area (Å²) in [5.41, 5.74) is 3.21. The molecule has 2 bridgehead atoms. The summed E-state index contributed by atoms with van der Waals surface area (Å²) in [6, 6.07) is 15.4.